The number of nitrogens with one attached hydrogen (secondary N) is 2. The zero-order valence-electron chi connectivity index (χ0n) is 13.2. The molecule has 0 aromatic heterocycles. The number of carbonyl (C=O) groups is 3. The van der Waals surface area contributed by atoms with Crippen LogP contribution < -0.4 is 10.6 Å². The Morgan fingerprint density at radius 1 is 1.09 bits per heavy atom. The molecule has 23 heavy (non-hydrogen) atoms. The highest BCUT2D eigenvalue weighted by atomic mass is 16.4. The summed E-state index contributed by atoms with van der Waals surface area (Å²) < 4.78 is 0. The lowest BCUT2D eigenvalue weighted by Gasteiger charge is -2.37. The SMILES string of the molecule is C[C@H](NC(=O)C1(NC(=O)c2ccccc2)CCCCC1)C(=O)O. The van der Waals surface area contributed by atoms with Crippen LogP contribution in [0.3, 0.4) is 0 Å². The van der Waals surface area contributed by atoms with Crippen molar-refractivity contribution in [3.63, 3.8) is 0 Å². The Morgan fingerprint density at radius 3 is 2.26 bits per heavy atom. The van der Waals surface area contributed by atoms with Crippen LogP contribution in [-0.2, 0) is 9.59 Å². The number of carboxylic acids is 1. The molecule has 0 unspecified atom stereocenters. The smallest absolute Gasteiger partial charge is 0.325 e. The Bertz CT molecular complexity index is 580. The van der Waals surface area contributed by atoms with Gasteiger partial charge in [0.2, 0.25) is 5.91 Å². The first-order chi connectivity index (χ1) is 10.9. The Hall–Kier alpha value is -2.37. The van der Waals surface area contributed by atoms with Crippen LogP contribution in [-0.4, -0.2) is 34.5 Å². The van der Waals surface area contributed by atoms with Crippen molar-refractivity contribution in [1.82, 2.24) is 10.6 Å². The van der Waals surface area contributed by atoms with Gasteiger partial charge in [-0.15, -0.1) is 0 Å². The molecule has 0 radical (unpaired) electrons. The first-order valence-electron chi connectivity index (χ1n) is 7.86. The standard InChI is InChI=1S/C17H22N2O4/c1-12(15(21)22)18-16(23)17(10-6-3-7-11-17)19-14(20)13-8-4-2-5-9-13/h2,4-5,8-9,12H,3,6-7,10-11H2,1H3,(H,18,23)(H,19,20)(H,21,22)/t12-/m0/s1. The lowest BCUT2D eigenvalue weighted by molar-refractivity contribution is -0.142. The van der Waals surface area contributed by atoms with Crippen LogP contribution in [0.2, 0.25) is 0 Å². The van der Waals surface area contributed by atoms with Gasteiger partial charge < -0.3 is 15.7 Å². The minimum absolute atomic E-state index is 0.314. The second-order valence-corrected chi connectivity index (χ2v) is 6.00. The van der Waals surface area contributed by atoms with Gasteiger partial charge in [-0.3, -0.25) is 14.4 Å². The topological polar surface area (TPSA) is 95.5 Å². The summed E-state index contributed by atoms with van der Waals surface area (Å²) in [5.74, 6) is -1.83. The number of aliphatic carboxylic acids is 1. The van der Waals surface area contributed by atoms with Gasteiger partial charge in [0.15, 0.2) is 0 Å². The van der Waals surface area contributed by atoms with E-state index in [-0.39, 0.29) is 5.91 Å². The monoisotopic (exact) mass is 318 g/mol. The van der Waals surface area contributed by atoms with Crippen LogP contribution >= 0.6 is 0 Å². The molecule has 1 aliphatic rings. The minimum atomic E-state index is -1.10. The van der Waals surface area contributed by atoms with Gasteiger partial charge in [0.05, 0.1) is 0 Å². The van der Waals surface area contributed by atoms with Gasteiger partial charge in [-0.1, -0.05) is 37.5 Å². The Labute approximate surface area is 135 Å². The number of benzene rings is 1. The van der Waals surface area contributed by atoms with E-state index in [1.165, 1.54) is 6.92 Å². The Kier molecular flexibility index (Phi) is 5.36. The van der Waals surface area contributed by atoms with Crippen molar-refractivity contribution in [2.24, 2.45) is 0 Å². The second kappa shape index (κ2) is 7.26. The summed E-state index contributed by atoms with van der Waals surface area (Å²) in [6.45, 7) is 1.41. The Balaban J connectivity index is 2.17. The van der Waals surface area contributed by atoms with E-state index in [1.54, 1.807) is 24.3 Å². The Morgan fingerprint density at radius 2 is 1.70 bits per heavy atom. The van der Waals surface area contributed by atoms with Crippen molar-refractivity contribution in [3.05, 3.63) is 35.9 Å². The number of amides is 2. The molecule has 1 atom stereocenters. The van der Waals surface area contributed by atoms with Crippen molar-refractivity contribution in [2.45, 2.75) is 50.6 Å². The highest BCUT2D eigenvalue weighted by molar-refractivity contribution is 6.00. The molecule has 0 spiro atoms. The molecule has 1 aliphatic carbocycles. The zero-order valence-corrected chi connectivity index (χ0v) is 13.2. The molecule has 0 heterocycles. The molecule has 6 heteroatoms. The number of hydrogen-bond acceptors (Lipinski definition) is 3. The van der Waals surface area contributed by atoms with Gasteiger partial charge in [-0.05, 0) is 31.9 Å². The molecule has 6 nitrogen and oxygen atoms in total. The maximum absolute atomic E-state index is 12.6. The summed E-state index contributed by atoms with van der Waals surface area (Å²) in [7, 11) is 0. The molecule has 0 saturated heterocycles. The van der Waals surface area contributed by atoms with Gasteiger partial charge in [-0.2, -0.15) is 0 Å². The summed E-state index contributed by atoms with van der Waals surface area (Å²) in [6, 6.07) is 7.71. The van der Waals surface area contributed by atoms with E-state index in [2.05, 4.69) is 10.6 Å². The number of carboxylic acid groups (broad SMARTS) is 1. The van der Waals surface area contributed by atoms with E-state index < -0.39 is 23.5 Å². The number of hydrogen-bond donors (Lipinski definition) is 3. The van der Waals surface area contributed by atoms with Crippen LogP contribution in [0.1, 0.15) is 49.4 Å². The molecule has 1 saturated carbocycles. The summed E-state index contributed by atoms with van der Waals surface area (Å²) in [6.07, 6.45) is 3.69. The van der Waals surface area contributed by atoms with E-state index >= 15 is 0 Å². The number of rotatable bonds is 5. The summed E-state index contributed by atoms with van der Waals surface area (Å²) >= 11 is 0. The van der Waals surface area contributed by atoms with Crippen LogP contribution in [0, 0.1) is 0 Å². The second-order valence-electron chi connectivity index (χ2n) is 6.00. The normalized spacial score (nSPS) is 17.8. The third kappa shape index (κ3) is 4.09. The summed E-state index contributed by atoms with van der Waals surface area (Å²) in [5, 5.41) is 14.3. The lowest BCUT2D eigenvalue weighted by Crippen LogP contribution is -2.61. The number of carbonyl (C=O) groups excluding carboxylic acids is 2. The molecule has 1 aromatic rings. The van der Waals surface area contributed by atoms with Gasteiger partial charge in [0, 0.05) is 5.56 Å². The summed E-state index contributed by atoms with van der Waals surface area (Å²) in [4.78, 5) is 36.0. The van der Waals surface area contributed by atoms with E-state index in [1.807, 2.05) is 6.07 Å². The van der Waals surface area contributed by atoms with Crippen molar-refractivity contribution in [1.29, 1.82) is 0 Å². The average molecular weight is 318 g/mol. The van der Waals surface area contributed by atoms with Gasteiger partial charge in [0.25, 0.3) is 5.91 Å². The van der Waals surface area contributed by atoms with Gasteiger partial charge >= 0.3 is 5.97 Å². The van der Waals surface area contributed by atoms with Crippen molar-refractivity contribution in [3.8, 4) is 0 Å². The molecule has 2 rings (SSSR count). The third-order valence-corrected chi connectivity index (χ3v) is 4.25. The van der Waals surface area contributed by atoms with E-state index in [0.29, 0.717) is 18.4 Å². The molecule has 0 aliphatic heterocycles. The largest absolute Gasteiger partial charge is 0.480 e. The highest BCUT2D eigenvalue weighted by Gasteiger charge is 2.41. The first kappa shape index (κ1) is 17.0. The van der Waals surface area contributed by atoms with Crippen LogP contribution in [0.5, 0.6) is 0 Å². The van der Waals surface area contributed by atoms with E-state index in [4.69, 9.17) is 5.11 Å². The molecule has 3 N–H and O–H groups in total. The molecule has 0 bridgehead atoms. The maximum atomic E-state index is 12.6. The van der Waals surface area contributed by atoms with Gasteiger partial charge in [0.1, 0.15) is 11.6 Å². The van der Waals surface area contributed by atoms with Crippen molar-refractivity contribution < 1.29 is 19.5 Å². The van der Waals surface area contributed by atoms with Gasteiger partial charge in [-0.25, -0.2) is 0 Å². The molecule has 124 valence electrons. The maximum Gasteiger partial charge on any atom is 0.325 e. The quantitative estimate of drug-likeness (QED) is 0.770. The lowest BCUT2D eigenvalue weighted by atomic mass is 9.80. The van der Waals surface area contributed by atoms with Crippen LogP contribution in [0.4, 0.5) is 0 Å². The van der Waals surface area contributed by atoms with E-state index in [0.717, 1.165) is 19.3 Å². The fraction of sp³-hybridized carbons (Fsp3) is 0.471. The predicted molar refractivity (Wildman–Crippen MR) is 85.0 cm³/mol. The molecule has 2 amide bonds. The van der Waals surface area contributed by atoms with Crippen LogP contribution in [0.15, 0.2) is 30.3 Å². The molecular weight excluding hydrogens is 296 g/mol. The van der Waals surface area contributed by atoms with E-state index in [9.17, 15) is 14.4 Å². The zero-order chi connectivity index (χ0) is 16.9. The minimum Gasteiger partial charge on any atom is -0.480 e. The molecular formula is C17H22N2O4. The summed E-state index contributed by atoms with van der Waals surface area (Å²) in [5.41, 5.74) is -0.550. The molecule has 1 fully saturated rings. The van der Waals surface area contributed by atoms with Crippen molar-refractivity contribution >= 4 is 17.8 Å². The van der Waals surface area contributed by atoms with Crippen molar-refractivity contribution in [2.75, 3.05) is 0 Å². The fourth-order valence-electron chi connectivity index (χ4n) is 2.84. The predicted octanol–water partition coefficient (Wildman–Crippen LogP) is 1.71. The molecule has 1 aromatic carbocycles. The highest BCUT2D eigenvalue weighted by Crippen LogP contribution is 2.29. The first-order valence-corrected chi connectivity index (χ1v) is 7.86. The van der Waals surface area contributed by atoms with Crippen LogP contribution in [0.25, 0.3) is 0 Å². The average Bonchev–Trinajstić information content (AvgIpc) is 2.56. The fourth-order valence-corrected chi connectivity index (χ4v) is 2.84. The third-order valence-electron chi connectivity index (χ3n) is 4.25.